The highest BCUT2D eigenvalue weighted by Gasteiger charge is 2.15. The topological polar surface area (TPSA) is 58.6 Å². The molecule has 1 N–H and O–H groups in total. The van der Waals surface area contributed by atoms with E-state index in [1.54, 1.807) is 24.3 Å². The zero-order valence-corrected chi connectivity index (χ0v) is 18.8. The molecule has 0 aliphatic rings. The monoisotopic (exact) mass is 410 g/mol. The van der Waals surface area contributed by atoms with Crippen LogP contribution in [0.2, 0.25) is 0 Å². The van der Waals surface area contributed by atoms with Crippen LogP contribution >= 0.6 is 0 Å². The standard InChI is InChI=1S/C25H34N2O3/c1-6-15-27(16-7-2)24(29)19-9-8-10-21(17-19)26-23(28)18-30-22-13-11-20(12-14-22)25(3,4)5/h8-14,17H,6-7,15-16,18H2,1-5H3,(H,26,28). The summed E-state index contributed by atoms with van der Waals surface area (Å²) in [6.45, 7) is 11.9. The van der Waals surface area contributed by atoms with Crippen LogP contribution in [-0.4, -0.2) is 36.4 Å². The molecule has 0 aliphatic heterocycles. The number of nitrogens with one attached hydrogen (secondary N) is 1. The maximum absolute atomic E-state index is 12.8. The summed E-state index contributed by atoms with van der Waals surface area (Å²) in [5.74, 6) is 0.375. The van der Waals surface area contributed by atoms with E-state index in [0.29, 0.717) is 17.0 Å². The lowest BCUT2D eigenvalue weighted by Crippen LogP contribution is -2.32. The van der Waals surface area contributed by atoms with Crippen molar-refractivity contribution in [3.8, 4) is 5.75 Å². The molecule has 0 aliphatic carbocycles. The SMILES string of the molecule is CCCN(CCC)C(=O)c1cccc(NC(=O)COc2ccc(C(C)(C)C)cc2)c1. The van der Waals surface area contributed by atoms with Crippen LogP contribution in [0.15, 0.2) is 48.5 Å². The summed E-state index contributed by atoms with van der Waals surface area (Å²) in [5.41, 5.74) is 2.45. The summed E-state index contributed by atoms with van der Waals surface area (Å²) < 4.78 is 5.60. The highest BCUT2D eigenvalue weighted by Crippen LogP contribution is 2.24. The first kappa shape index (κ1) is 23.5. The third-order valence-corrected chi connectivity index (χ3v) is 4.76. The molecule has 0 saturated heterocycles. The number of rotatable bonds is 9. The molecule has 0 atom stereocenters. The zero-order chi connectivity index (χ0) is 22.1. The van der Waals surface area contributed by atoms with Crippen LogP contribution in [0.1, 0.15) is 63.4 Å². The zero-order valence-electron chi connectivity index (χ0n) is 18.8. The van der Waals surface area contributed by atoms with Crippen molar-refractivity contribution in [1.82, 2.24) is 4.90 Å². The van der Waals surface area contributed by atoms with Gasteiger partial charge in [0.2, 0.25) is 0 Å². The van der Waals surface area contributed by atoms with Crippen molar-refractivity contribution in [2.45, 2.75) is 52.9 Å². The van der Waals surface area contributed by atoms with Crippen molar-refractivity contribution in [1.29, 1.82) is 0 Å². The molecule has 0 bridgehead atoms. The molecule has 30 heavy (non-hydrogen) atoms. The van der Waals surface area contributed by atoms with E-state index in [-0.39, 0.29) is 23.8 Å². The molecule has 2 amide bonds. The number of nitrogens with zero attached hydrogens (tertiary/aromatic N) is 1. The van der Waals surface area contributed by atoms with Crippen molar-refractivity contribution in [2.75, 3.05) is 25.0 Å². The Balaban J connectivity index is 1.95. The van der Waals surface area contributed by atoms with Gasteiger partial charge in [0.15, 0.2) is 6.61 Å². The summed E-state index contributed by atoms with van der Waals surface area (Å²) in [6, 6.07) is 14.8. The Morgan fingerprint density at radius 3 is 2.17 bits per heavy atom. The highest BCUT2D eigenvalue weighted by atomic mass is 16.5. The number of carbonyl (C=O) groups excluding carboxylic acids is 2. The van der Waals surface area contributed by atoms with E-state index in [1.165, 1.54) is 5.56 Å². The minimum absolute atomic E-state index is 0.00927. The van der Waals surface area contributed by atoms with Crippen LogP contribution in [0.5, 0.6) is 5.75 Å². The first-order chi connectivity index (χ1) is 14.2. The minimum Gasteiger partial charge on any atom is -0.484 e. The second kappa shape index (κ2) is 10.8. The average molecular weight is 411 g/mol. The summed E-state index contributed by atoms with van der Waals surface area (Å²) in [7, 11) is 0. The normalized spacial score (nSPS) is 11.1. The summed E-state index contributed by atoms with van der Waals surface area (Å²) >= 11 is 0. The highest BCUT2D eigenvalue weighted by molar-refractivity contribution is 5.97. The number of hydrogen-bond acceptors (Lipinski definition) is 3. The van der Waals surface area contributed by atoms with Gasteiger partial charge in [-0.15, -0.1) is 0 Å². The Kier molecular flexibility index (Phi) is 8.46. The molecule has 2 rings (SSSR count). The molecule has 0 fully saturated rings. The average Bonchev–Trinajstić information content (AvgIpc) is 2.71. The molecule has 0 aromatic heterocycles. The van der Waals surface area contributed by atoms with Gasteiger partial charge in [-0.1, -0.05) is 52.8 Å². The van der Waals surface area contributed by atoms with Crippen LogP contribution in [0.4, 0.5) is 5.69 Å². The van der Waals surface area contributed by atoms with E-state index < -0.39 is 0 Å². The van der Waals surface area contributed by atoms with Crippen molar-refractivity contribution in [2.24, 2.45) is 0 Å². The Morgan fingerprint density at radius 1 is 0.967 bits per heavy atom. The van der Waals surface area contributed by atoms with Crippen LogP contribution in [-0.2, 0) is 10.2 Å². The van der Waals surface area contributed by atoms with E-state index in [0.717, 1.165) is 25.9 Å². The summed E-state index contributed by atoms with van der Waals surface area (Å²) in [4.78, 5) is 26.9. The third kappa shape index (κ3) is 6.90. The molecular weight excluding hydrogens is 376 g/mol. The summed E-state index contributed by atoms with van der Waals surface area (Å²) in [5, 5.41) is 2.81. The third-order valence-electron chi connectivity index (χ3n) is 4.76. The molecule has 162 valence electrons. The molecule has 2 aromatic carbocycles. The van der Waals surface area contributed by atoms with Gasteiger partial charge in [-0.25, -0.2) is 0 Å². The minimum atomic E-state index is -0.265. The van der Waals surface area contributed by atoms with Gasteiger partial charge < -0.3 is 15.0 Å². The van der Waals surface area contributed by atoms with Gasteiger partial charge in [0.1, 0.15) is 5.75 Å². The van der Waals surface area contributed by atoms with Crippen molar-refractivity contribution in [3.05, 3.63) is 59.7 Å². The van der Waals surface area contributed by atoms with Crippen molar-refractivity contribution < 1.29 is 14.3 Å². The molecule has 0 heterocycles. The van der Waals surface area contributed by atoms with E-state index in [1.807, 2.05) is 29.2 Å². The van der Waals surface area contributed by atoms with Crippen LogP contribution < -0.4 is 10.1 Å². The van der Waals surface area contributed by atoms with Crippen molar-refractivity contribution >= 4 is 17.5 Å². The lowest BCUT2D eigenvalue weighted by atomic mass is 9.87. The fourth-order valence-corrected chi connectivity index (χ4v) is 3.16. The van der Waals surface area contributed by atoms with Gasteiger partial charge in [-0.2, -0.15) is 0 Å². The predicted molar refractivity (Wildman–Crippen MR) is 122 cm³/mol. The molecule has 0 saturated carbocycles. The molecule has 0 spiro atoms. The second-order valence-corrected chi connectivity index (χ2v) is 8.48. The Labute approximate surface area is 180 Å². The van der Waals surface area contributed by atoms with E-state index >= 15 is 0 Å². The van der Waals surface area contributed by atoms with Crippen LogP contribution in [0.25, 0.3) is 0 Å². The summed E-state index contributed by atoms with van der Waals surface area (Å²) in [6.07, 6.45) is 1.83. The first-order valence-corrected chi connectivity index (χ1v) is 10.7. The number of anilines is 1. The lowest BCUT2D eigenvalue weighted by molar-refractivity contribution is -0.118. The van der Waals surface area contributed by atoms with Crippen LogP contribution in [0.3, 0.4) is 0 Å². The molecule has 0 unspecified atom stereocenters. The van der Waals surface area contributed by atoms with Gasteiger partial charge in [0.05, 0.1) is 0 Å². The molecule has 2 aromatic rings. The Morgan fingerprint density at radius 2 is 1.60 bits per heavy atom. The fourth-order valence-electron chi connectivity index (χ4n) is 3.16. The van der Waals surface area contributed by atoms with Gasteiger partial charge in [0, 0.05) is 24.3 Å². The molecule has 5 nitrogen and oxygen atoms in total. The first-order valence-electron chi connectivity index (χ1n) is 10.7. The Hall–Kier alpha value is -2.82. The van der Waals surface area contributed by atoms with Crippen LogP contribution in [0, 0.1) is 0 Å². The van der Waals surface area contributed by atoms with E-state index in [4.69, 9.17) is 4.74 Å². The predicted octanol–water partition coefficient (Wildman–Crippen LogP) is 5.26. The smallest absolute Gasteiger partial charge is 0.262 e. The number of carbonyl (C=O) groups is 2. The number of benzene rings is 2. The van der Waals surface area contributed by atoms with E-state index in [2.05, 4.69) is 39.9 Å². The number of ether oxygens (including phenoxy) is 1. The van der Waals surface area contributed by atoms with Gasteiger partial charge in [0.25, 0.3) is 11.8 Å². The lowest BCUT2D eigenvalue weighted by Gasteiger charge is -2.21. The quantitative estimate of drug-likeness (QED) is 0.613. The maximum Gasteiger partial charge on any atom is 0.262 e. The van der Waals surface area contributed by atoms with Gasteiger partial charge in [-0.3, -0.25) is 9.59 Å². The fraction of sp³-hybridized carbons (Fsp3) is 0.440. The second-order valence-electron chi connectivity index (χ2n) is 8.48. The number of amides is 2. The molecule has 5 heteroatoms. The van der Waals surface area contributed by atoms with Gasteiger partial charge >= 0.3 is 0 Å². The Bertz CT molecular complexity index is 832. The van der Waals surface area contributed by atoms with Crippen molar-refractivity contribution in [3.63, 3.8) is 0 Å². The van der Waals surface area contributed by atoms with E-state index in [9.17, 15) is 9.59 Å². The maximum atomic E-state index is 12.8. The molecule has 0 radical (unpaired) electrons. The number of hydrogen-bond donors (Lipinski definition) is 1. The van der Waals surface area contributed by atoms with Gasteiger partial charge in [-0.05, 0) is 54.2 Å². The molecular formula is C25H34N2O3. The largest absolute Gasteiger partial charge is 0.484 e.